The van der Waals surface area contributed by atoms with E-state index in [9.17, 15) is 16.8 Å². The van der Waals surface area contributed by atoms with Gasteiger partial charge in [-0.1, -0.05) is 36.4 Å². The summed E-state index contributed by atoms with van der Waals surface area (Å²) in [6, 6.07) is 14.3. The molecule has 0 bridgehead atoms. The monoisotopic (exact) mass is 322 g/mol. The third-order valence-electron chi connectivity index (χ3n) is 2.24. The van der Waals surface area contributed by atoms with Crippen LogP contribution in [0.2, 0.25) is 0 Å². The third-order valence-corrected chi connectivity index (χ3v) is 6.42. The molecule has 2 aromatic carbocycles. The van der Waals surface area contributed by atoms with Gasteiger partial charge < -0.3 is 4.18 Å². The Morgan fingerprint density at radius 2 is 1.15 bits per heavy atom. The van der Waals surface area contributed by atoms with Gasteiger partial charge in [-0.15, -0.1) is 0 Å². The molecule has 0 spiro atoms. The van der Waals surface area contributed by atoms with Crippen molar-refractivity contribution in [1.29, 1.82) is 0 Å². The Balaban J connectivity index is 0.00000200. The molecule has 2 aromatic rings. The van der Waals surface area contributed by atoms with Crippen LogP contribution in [0.15, 0.2) is 65.6 Å². The fourth-order valence-corrected chi connectivity index (χ4v) is 4.05. The Hall–Kier alpha value is -0.860. The van der Waals surface area contributed by atoms with Crippen LogP contribution < -0.4 is 4.18 Å². The molecule has 0 unspecified atom stereocenters. The van der Waals surface area contributed by atoms with Crippen LogP contribution in [0.5, 0.6) is 5.75 Å². The second kappa shape index (κ2) is 6.73. The van der Waals surface area contributed by atoms with E-state index in [0.717, 1.165) is 0 Å². The average Bonchev–Trinajstić information content (AvgIpc) is 2.40. The van der Waals surface area contributed by atoms with Crippen LogP contribution in [0.1, 0.15) is 0 Å². The normalized spacial score (nSPS) is 11.4. The first-order valence-electron chi connectivity index (χ1n) is 5.23. The molecule has 0 N–H and O–H groups in total. The first-order valence-corrected chi connectivity index (χ1v) is 8.64. The molecule has 0 heterocycles. The quantitative estimate of drug-likeness (QED) is 0.623. The van der Waals surface area contributed by atoms with E-state index in [1.54, 1.807) is 24.3 Å². The molecule has 0 aliphatic carbocycles. The molecule has 102 valence electrons. The van der Waals surface area contributed by atoms with Gasteiger partial charge >= 0.3 is 47.6 Å². The van der Waals surface area contributed by atoms with E-state index in [0.29, 0.717) is 0 Å². The van der Waals surface area contributed by atoms with Gasteiger partial charge in [0.05, 0.1) is 4.90 Å². The van der Waals surface area contributed by atoms with E-state index in [1.165, 1.54) is 36.4 Å². The topological polar surface area (TPSA) is 77.5 Å². The SMILES string of the molecule is O=S(=O)(Oc1ccccc1)S(=O)(=O)c1ccccc1.[NaH]. The third kappa shape index (κ3) is 3.62. The first-order chi connectivity index (χ1) is 8.93. The molecule has 20 heavy (non-hydrogen) atoms. The number of rotatable bonds is 4. The molecular weight excluding hydrogens is 311 g/mol. The summed E-state index contributed by atoms with van der Waals surface area (Å²) in [6.07, 6.45) is 0. The van der Waals surface area contributed by atoms with Crippen LogP contribution in [0.3, 0.4) is 0 Å². The predicted molar refractivity (Wildman–Crippen MR) is 76.8 cm³/mol. The van der Waals surface area contributed by atoms with E-state index in [1.807, 2.05) is 0 Å². The van der Waals surface area contributed by atoms with Crippen molar-refractivity contribution in [2.45, 2.75) is 4.90 Å². The maximum atomic E-state index is 11.9. The molecule has 5 nitrogen and oxygen atoms in total. The summed E-state index contributed by atoms with van der Waals surface area (Å²) in [4.78, 5) is -0.328. The van der Waals surface area contributed by atoms with E-state index < -0.39 is 18.0 Å². The molecule has 0 saturated heterocycles. The zero-order chi connectivity index (χ0) is 13.9. The fraction of sp³-hybridized carbons (Fsp3) is 0. The average molecular weight is 322 g/mol. The Morgan fingerprint density at radius 3 is 1.65 bits per heavy atom. The minimum absolute atomic E-state index is 0. The van der Waals surface area contributed by atoms with Crippen molar-refractivity contribution < 1.29 is 21.0 Å². The van der Waals surface area contributed by atoms with Gasteiger partial charge in [-0.05, 0) is 24.3 Å². The van der Waals surface area contributed by atoms with E-state index in [-0.39, 0.29) is 40.2 Å². The molecule has 0 saturated carbocycles. The standard InChI is InChI=1S/C12H10O5S2.Na.H/c13-18(14,12-9-5-2-6-10-12)19(15,16)17-11-7-3-1-4-8-11;;/h1-10H;;. The van der Waals surface area contributed by atoms with Crippen molar-refractivity contribution in [3.8, 4) is 5.75 Å². The van der Waals surface area contributed by atoms with Crippen LogP contribution in [0, 0.1) is 0 Å². The summed E-state index contributed by atoms with van der Waals surface area (Å²) < 4.78 is 52.1. The van der Waals surface area contributed by atoms with Gasteiger partial charge in [0.25, 0.3) is 0 Å². The van der Waals surface area contributed by atoms with Crippen LogP contribution in [0.4, 0.5) is 0 Å². The van der Waals surface area contributed by atoms with Gasteiger partial charge in [0.2, 0.25) is 0 Å². The van der Waals surface area contributed by atoms with Gasteiger partial charge in [-0.3, -0.25) is 0 Å². The van der Waals surface area contributed by atoms with Crippen LogP contribution in [-0.4, -0.2) is 46.4 Å². The van der Waals surface area contributed by atoms with Gasteiger partial charge in [0.1, 0.15) is 5.75 Å². The molecule has 0 aromatic heterocycles. The van der Waals surface area contributed by atoms with Crippen molar-refractivity contribution in [3.63, 3.8) is 0 Å². The van der Waals surface area contributed by atoms with Crippen LogP contribution >= 0.6 is 0 Å². The van der Waals surface area contributed by atoms with Crippen molar-refractivity contribution in [1.82, 2.24) is 0 Å². The van der Waals surface area contributed by atoms with Crippen LogP contribution in [-0.2, 0) is 18.0 Å². The fourth-order valence-electron chi connectivity index (χ4n) is 1.34. The molecule has 0 fully saturated rings. The zero-order valence-corrected chi connectivity index (χ0v) is 11.3. The van der Waals surface area contributed by atoms with Crippen LogP contribution in [0.25, 0.3) is 0 Å². The predicted octanol–water partition coefficient (Wildman–Crippen LogP) is 1.14. The first kappa shape index (κ1) is 17.2. The molecule has 0 radical (unpaired) electrons. The molecule has 8 heteroatoms. The summed E-state index contributed by atoms with van der Waals surface area (Å²) in [5, 5.41) is 0. The molecule has 0 aliphatic heterocycles. The summed E-state index contributed by atoms with van der Waals surface area (Å²) in [5.41, 5.74) is 0. The van der Waals surface area contributed by atoms with Gasteiger partial charge in [-0.2, -0.15) is 8.42 Å². The molecule has 0 amide bonds. The van der Waals surface area contributed by atoms with Crippen molar-refractivity contribution >= 4 is 47.6 Å². The minimum atomic E-state index is -4.79. The maximum absolute atomic E-state index is 11.9. The Bertz CT molecular complexity index is 756. The molecule has 2 rings (SSSR count). The molecular formula is C12H11NaO5S2. The summed E-state index contributed by atoms with van der Waals surface area (Å²) >= 11 is 0. The van der Waals surface area contributed by atoms with E-state index in [4.69, 9.17) is 0 Å². The number of hydrogen-bond donors (Lipinski definition) is 0. The zero-order valence-electron chi connectivity index (χ0n) is 9.63. The number of para-hydroxylation sites is 1. The van der Waals surface area contributed by atoms with E-state index in [2.05, 4.69) is 4.18 Å². The second-order valence-corrected chi connectivity index (χ2v) is 8.48. The Labute approximate surface area is 139 Å². The summed E-state index contributed by atoms with van der Waals surface area (Å²) in [6.45, 7) is 0. The summed E-state index contributed by atoms with van der Waals surface area (Å²) in [7, 11) is -9.38. The van der Waals surface area contributed by atoms with Gasteiger partial charge in [0, 0.05) is 0 Å². The van der Waals surface area contributed by atoms with Gasteiger partial charge in [-0.25, -0.2) is 8.42 Å². The number of hydrogen-bond acceptors (Lipinski definition) is 5. The Morgan fingerprint density at radius 1 is 0.700 bits per heavy atom. The molecule has 0 atom stereocenters. The number of benzene rings is 2. The van der Waals surface area contributed by atoms with Gasteiger partial charge in [0.15, 0.2) is 0 Å². The summed E-state index contributed by atoms with van der Waals surface area (Å²) in [5.74, 6) is -0.0537. The Kier molecular flexibility index (Phi) is 5.79. The molecule has 0 aliphatic rings. The van der Waals surface area contributed by atoms with E-state index >= 15 is 0 Å². The van der Waals surface area contributed by atoms with Crippen molar-refractivity contribution in [3.05, 3.63) is 60.7 Å². The van der Waals surface area contributed by atoms with Crippen molar-refractivity contribution in [2.75, 3.05) is 0 Å². The second-order valence-electron chi connectivity index (χ2n) is 3.57. The van der Waals surface area contributed by atoms with Crippen molar-refractivity contribution in [2.24, 2.45) is 0 Å².